The molecule has 0 aromatic carbocycles. The summed E-state index contributed by atoms with van der Waals surface area (Å²) >= 11 is 0. The Labute approximate surface area is 101 Å². The predicted molar refractivity (Wildman–Crippen MR) is 70.0 cm³/mol. The third-order valence-electron chi connectivity index (χ3n) is 1.87. The maximum Gasteiger partial charge on any atom is 0.350 e. The minimum absolute atomic E-state index is 0.624. The molecule has 0 aromatic heterocycles. The van der Waals surface area contributed by atoms with E-state index in [9.17, 15) is 0 Å². The molecule has 0 spiro atoms. The first-order valence-electron chi connectivity index (χ1n) is 5.20. The molecule has 0 aliphatic heterocycles. The summed E-state index contributed by atoms with van der Waals surface area (Å²) in [7, 11) is -1.98. The summed E-state index contributed by atoms with van der Waals surface area (Å²) in [5.74, 6) is 5.16. The molecular weight excluding hydrogens is 216 g/mol. The molecule has 0 heterocycles. The van der Waals surface area contributed by atoms with E-state index in [0.717, 1.165) is 0 Å². The van der Waals surface area contributed by atoms with Crippen molar-refractivity contribution in [1.82, 2.24) is 0 Å². The predicted octanol–water partition coefficient (Wildman–Crippen LogP) is 2.18. The van der Waals surface area contributed by atoms with Crippen LogP contribution in [0, 0.1) is 24.7 Å². The Morgan fingerprint density at radius 1 is 1.00 bits per heavy atom. The Morgan fingerprint density at radius 2 is 1.38 bits per heavy atom. The summed E-state index contributed by atoms with van der Waals surface area (Å²) in [5.41, 5.74) is 0.667. The van der Waals surface area contributed by atoms with Crippen molar-refractivity contribution in [3.05, 3.63) is 11.8 Å². The van der Waals surface area contributed by atoms with Gasteiger partial charge >= 0.3 is 9.28 Å². The highest BCUT2D eigenvalue weighted by Gasteiger charge is 2.27. The molecule has 0 saturated carbocycles. The molecule has 16 heavy (non-hydrogen) atoms. The van der Waals surface area contributed by atoms with Crippen molar-refractivity contribution in [2.45, 2.75) is 45.8 Å². The zero-order chi connectivity index (χ0) is 12.8. The van der Waals surface area contributed by atoms with Crippen LogP contribution in [0.1, 0.15) is 34.6 Å². The first-order chi connectivity index (χ1) is 7.26. The first kappa shape index (κ1) is 15.0. The molecule has 0 N–H and O–H groups in total. The summed E-state index contributed by atoms with van der Waals surface area (Å²) in [6, 6.07) is 0. The quantitative estimate of drug-likeness (QED) is 0.538. The summed E-state index contributed by atoms with van der Waals surface area (Å²) < 4.78 is 11.5. The van der Waals surface area contributed by atoms with Gasteiger partial charge in [0, 0.05) is 0 Å². The van der Waals surface area contributed by atoms with Gasteiger partial charge in [0.25, 0.3) is 0 Å². The van der Waals surface area contributed by atoms with Crippen molar-refractivity contribution < 1.29 is 8.85 Å². The largest absolute Gasteiger partial charge is 0.377 e. The third kappa shape index (κ3) is 5.78. The minimum atomic E-state index is -1.98. The monoisotopic (exact) mass is 236 g/mol. The zero-order valence-electron chi connectivity index (χ0n) is 10.7. The molecule has 0 unspecified atom stereocenters. The fraction of sp³-hybridized carbons (Fsp3) is 0.538. The molecule has 2 nitrogen and oxygen atoms in total. The van der Waals surface area contributed by atoms with Crippen LogP contribution in [-0.4, -0.2) is 20.5 Å². The van der Waals surface area contributed by atoms with E-state index in [4.69, 9.17) is 21.7 Å². The summed E-state index contributed by atoms with van der Waals surface area (Å²) in [4.78, 5) is 0. The van der Waals surface area contributed by atoms with Gasteiger partial charge in [-0.3, -0.25) is 0 Å². The SMILES string of the molecule is C#CC(C)(C)O[SiH](C=CC)OC(C)(C)C#C. The van der Waals surface area contributed by atoms with Gasteiger partial charge in [-0.2, -0.15) is 0 Å². The van der Waals surface area contributed by atoms with Crippen LogP contribution in [0.25, 0.3) is 0 Å². The maximum absolute atomic E-state index is 5.76. The Balaban J connectivity index is 4.67. The molecular formula is C13H20O2Si. The van der Waals surface area contributed by atoms with Crippen LogP contribution in [0.2, 0.25) is 0 Å². The molecule has 0 atom stereocenters. The van der Waals surface area contributed by atoms with Crippen molar-refractivity contribution in [3.8, 4) is 24.7 Å². The van der Waals surface area contributed by atoms with Crippen molar-refractivity contribution in [3.63, 3.8) is 0 Å². The molecule has 0 fully saturated rings. The molecule has 3 heteroatoms. The van der Waals surface area contributed by atoms with Gasteiger partial charge < -0.3 is 8.85 Å². The topological polar surface area (TPSA) is 18.5 Å². The van der Waals surface area contributed by atoms with Crippen molar-refractivity contribution in [2.24, 2.45) is 0 Å². The summed E-state index contributed by atoms with van der Waals surface area (Å²) in [6.07, 6.45) is 12.6. The number of hydrogen-bond acceptors (Lipinski definition) is 2. The van der Waals surface area contributed by atoms with Crippen LogP contribution in [-0.2, 0) is 8.85 Å². The lowest BCUT2D eigenvalue weighted by Gasteiger charge is -2.29. The van der Waals surface area contributed by atoms with Crippen molar-refractivity contribution in [1.29, 1.82) is 0 Å². The van der Waals surface area contributed by atoms with Crippen LogP contribution in [0.4, 0.5) is 0 Å². The minimum Gasteiger partial charge on any atom is -0.377 e. The summed E-state index contributed by atoms with van der Waals surface area (Å²) in [6.45, 7) is 9.26. The van der Waals surface area contributed by atoms with Crippen LogP contribution in [0.5, 0.6) is 0 Å². The van der Waals surface area contributed by atoms with E-state index in [1.807, 2.05) is 46.4 Å². The molecule has 0 aliphatic carbocycles. The van der Waals surface area contributed by atoms with Gasteiger partial charge in [-0.05, 0) is 40.3 Å². The van der Waals surface area contributed by atoms with Gasteiger partial charge in [-0.1, -0.05) is 17.9 Å². The third-order valence-corrected chi connectivity index (χ3v) is 4.21. The van der Waals surface area contributed by atoms with E-state index < -0.39 is 20.5 Å². The number of rotatable bonds is 5. The molecule has 0 saturated heterocycles. The lowest BCUT2D eigenvalue weighted by Crippen LogP contribution is -2.39. The van der Waals surface area contributed by atoms with Gasteiger partial charge in [-0.15, -0.1) is 12.8 Å². The van der Waals surface area contributed by atoms with Gasteiger partial charge in [-0.25, -0.2) is 0 Å². The Morgan fingerprint density at radius 3 is 1.62 bits per heavy atom. The maximum atomic E-state index is 5.76. The highest BCUT2D eigenvalue weighted by Crippen LogP contribution is 2.16. The van der Waals surface area contributed by atoms with Crippen molar-refractivity contribution in [2.75, 3.05) is 0 Å². The van der Waals surface area contributed by atoms with Crippen LogP contribution >= 0.6 is 0 Å². The highest BCUT2D eigenvalue weighted by atomic mass is 28.3. The average molecular weight is 236 g/mol. The Bertz CT molecular complexity index is 301. The number of allylic oxidation sites excluding steroid dienone is 1. The summed E-state index contributed by atoms with van der Waals surface area (Å²) in [5, 5.41) is 0. The number of hydrogen-bond donors (Lipinski definition) is 0. The number of terminal acetylenes is 2. The van der Waals surface area contributed by atoms with Crippen LogP contribution in [0.15, 0.2) is 11.8 Å². The van der Waals surface area contributed by atoms with E-state index in [1.54, 1.807) is 0 Å². The zero-order valence-corrected chi connectivity index (χ0v) is 11.9. The second-order valence-electron chi connectivity index (χ2n) is 4.44. The van der Waals surface area contributed by atoms with E-state index in [0.29, 0.717) is 0 Å². The van der Waals surface area contributed by atoms with E-state index in [1.165, 1.54) is 0 Å². The standard InChI is InChI=1S/C13H20O2Si/c1-8-11-16(14-12(4,5)9-2)15-13(6,7)10-3/h2-3,8,11,16H,1,4-7H3. The molecule has 88 valence electrons. The molecule has 0 aromatic rings. The van der Waals surface area contributed by atoms with Gasteiger partial charge in [0.15, 0.2) is 0 Å². The molecule has 0 rings (SSSR count). The van der Waals surface area contributed by atoms with Gasteiger partial charge in [0.1, 0.15) is 11.2 Å². The van der Waals surface area contributed by atoms with Crippen molar-refractivity contribution >= 4 is 9.28 Å². The van der Waals surface area contributed by atoms with Gasteiger partial charge in [0.05, 0.1) is 0 Å². The highest BCUT2D eigenvalue weighted by molar-refractivity contribution is 6.51. The Hall–Kier alpha value is -1.00. The normalized spacial score (nSPS) is 12.8. The van der Waals surface area contributed by atoms with Gasteiger partial charge in [0.2, 0.25) is 0 Å². The fourth-order valence-corrected chi connectivity index (χ4v) is 2.73. The second kappa shape index (κ2) is 5.91. The molecule has 0 bridgehead atoms. The smallest absolute Gasteiger partial charge is 0.350 e. The molecule has 0 radical (unpaired) electrons. The van der Waals surface area contributed by atoms with Crippen LogP contribution < -0.4 is 0 Å². The molecule has 0 amide bonds. The Kier molecular flexibility index (Phi) is 5.54. The first-order valence-corrected chi connectivity index (χ1v) is 6.81. The van der Waals surface area contributed by atoms with E-state index in [-0.39, 0.29) is 0 Å². The van der Waals surface area contributed by atoms with E-state index in [2.05, 4.69) is 11.8 Å². The molecule has 0 aliphatic rings. The second-order valence-corrected chi connectivity index (χ2v) is 6.03. The average Bonchev–Trinajstić information content (AvgIpc) is 2.17. The van der Waals surface area contributed by atoms with Crippen LogP contribution in [0.3, 0.4) is 0 Å². The van der Waals surface area contributed by atoms with E-state index >= 15 is 0 Å². The fourth-order valence-electron chi connectivity index (χ4n) is 0.909. The lowest BCUT2D eigenvalue weighted by atomic mass is 10.2. The lowest BCUT2D eigenvalue weighted by molar-refractivity contribution is 0.0758.